The van der Waals surface area contributed by atoms with Gasteiger partial charge in [0.1, 0.15) is 17.2 Å². The van der Waals surface area contributed by atoms with E-state index in [0.717, 1.165) is 11.3 Å². The molecule has 4 rings (SSSR count). The Kier molecular flexibility index (Phi) is 9.74. The molecule has 34 heavy (non-hydrogen) atoms. The van der Waals surface area contributed by atoms with Crippen LogP contribution in [0.2, 0.25) is 0 Å². The van der Waals surface area contributed by atoms with Crippen molar-refractivity contribution in [3.8, 4) is 17.2 Å². The van der Waals surface area contributed by atoms with Crippen LogP contribution in [0.15, 0.2) is 121 Å². The molecule has 0 aliphatic carbocycles. The van der Waals surface area contributed by atoms with Crippen molar-refractivity contribution >= 4 is 17.0 Å². The van der Waals surface area contributed by atoms with Crippen LogP contribution in [0.4, 0.5) is 0 Å². The molecule has 0 N–H and O–H groups in total. The average Bonchev–Trinajstić information content (AvgIpc) is 2.89. The van der Waals surface area contributed by atoms with E-state index in [1.54, 1.807) is 0 Å². The standard InChI is InChI=1S/C27H26O5P2/c1-5-13-24(14-6-1)23-33(30-25-15-7-2-8-16-25)28-21-22-29-34(31-26-17-9-3-10-18-26)32-27-19-11-4-12-20-27/h1-20H,21-23H2. The fourth-order valence-electron chi connectivity index (χ4n) is 2.89. The second-order valence-corrected chi connectivity index (χ2v) is 9.57. The number of benzene rings is 4. The van der Waals surface area contributed by atoms with Crippen LogP contribution in [-0.4, -0.2) is 13.2 Å². The molecule has 1 unspecified atom stereocenters. The van der Waals surface area contributed by atoms with Gasteiger partial charge in [0.25, 0.3) is 0 Å². The fraction of sp³-hybridized carbons (Fsp3) is 0.111. The minimum atomic E-state index is -1.65. The van der Waals surface area contributed by atoms with Gasteiger partial charge in [-0.05, 0) is 42.0 Å². The van der Waals surface area contributed by atoms with E-state index in [4.69, 9.17) is 22.6 Å². The van der Waals surface area contributed by atoms with Crippen LogP contribution in [0, 0.1) is 0 Å². The molecule has 0 bridgehead atoms. The highest BCUT2D eigenvalue weighted by atomic mass is 31.2. The van der Waals surface area contributed by atoms with E-state index in [-0.39, 0.29) is 0 Å². The van der Waals surface area contributed by atoms with Gasteiger partial charge in [0, 0.05) is 0 Å². The molecule has 4 aromatic carbocycles. The van der Waals surface area contributed by atoms with Gasteiger partial charge in [0.15, 0.2) is 0 Å². The highest BCUT2D eigenvalue weighted by Gasteiger charge is 2.19. The first-order valence-electron chi connectivity index (χ1n) is 10.9. The molecule has 0 aromatic heterocycles. The van der Waals surface area contributed by atoms with Crippen molar-refractivity contribution < 1.29 is 22.6 Å². The summed E-state index contributed by atoms with van der Waals surface area (Å²) < 4.78 is 30.1. The van der Waals surface area contributed by atoms with Gasteiger partial charge in [-0.15, -0.1) is 0 Å². The lowest BCUT2D eigenvalue weighted by molar-refractivity contribution is 0.200. The van der Waals surface area contributed by atoms with Crippen molar-refractivity contribution in [2.75, 3.05) is 13.2 Å². The van der Waals surface area contributed by atoms with Crippen molar-refractivity contribution in [2.45, 2.75) is 6.16 Å². The smallest absolute Gasteiger partial charge is 0.447 e. The van der Waals surface area contributed by atoms with Gasteiger partial charge in [-0.2, -0.15) is 0 Å². The molecule has 0 fully saturated rings. The minimum absolute atomic E-state index is 0.303. The molecule has 5 nitrogen and oxygen atoms in total. The maximum Gasteiger partial charge on any atom is 0.463 e. The molecule has 7 heteroatoms. The summed E-state index contributed by atoms with van der Waals surface area (Å²) >= 11 is 0. The molecule has 0 saturated heterocycles. The van der Waals surface area contributed by atoms with Crippen LogP contribution >= 0.6 is 17.0 Å². The monoisotopic (exact) mass is 492 g/mol. The molecular weight excluding hydrogens is 466 g/mol. The fourth-order valence-corrected chi connectivity index (χ4v) is 5.20. The predicted octanol–water partition coefficient (Wildman–Crippen LogP) is 8.00. The van der Waals surface area contributed by atoms with Crippen LogP contribution < -0.4 is 13.6 Å². The summed E-state index contributed by atoms with van der Waals surface area (Å²) in [5, 5.41) is 0. The van der Waals surface area contributed by atoms with Crippen LogP contribution in [0.5, 0.6) is 17.2 Å². The van der Waals surface area contributed by atoms with Crippen molar-refractivity contribution in [2.24, 2.45) is 0 Å². The van der Waals surface area contributed by atoms with Crippen molar-refractivity contribution in [3.05, 3.63) is 127 Å². The molecule has 0 aliphatic rings. The van der Waals surface area contributed by atoms with E-state index in [9.17, 15) is 0 Å². The number of para-hydroxylation sites is 3. The predicted molar refractivity (Wildman–Crippen MR) is 137 cm³/mol. The maximum atomic E-state index is 6.15. The van der Waals surface area contributed by atoms with Crippen LogP contribution in [0.3, 0.4) is 0 Å². The summed E-state index contributed by atoms with van der Waals surface area (Å²) in [5.74, 6) is 2.15. The Morgan fingerprint density at radius 1 is 0.441 bits per heavy atom. The van der Waals surface area contributed by atoms with Gasteiger partial charge in [-0.3, -0.25) is 4.52 Å². The molecular formula is C27H26O5P2. The first-order chi connectivity index (χ1) is 16.8. The Balaban J connectivity index is 1.34. The van der Waals surface area contributed by atoms with Gasteiger partial charge in [-0.1, -0.05) is 84.9 Å². The Hall–Kier alpha value is -2.94. The molecule has 174 valence electrons. The quantitative estimate of drug-likeness (QED) is 0.140. The zero-order valence-electron chi connectivity index (χ0n) is 18.6. The van der Waals surface area contributed by atoms with Crippen molar-refractivity contribution in [1.82, 2.24) is 0 Å². The Bertz CT molecular complexity index is 897. The average molecular weight is 492 g/mol. The zero-order valence-corrected chi connectivity index (χ0v) is 20.4. The lowest BCUT2D eigenvalue weighted by atomic mass is 10.2. The van der Waals surface area contributed by atoms with Gasteiger partial charge in [0.2, 0.25) is 8.38 Å². The largest absolute Gasteiger partial charge is 0.463 e. The molecule has 0 spiro atoms. The molecule has 0 saturated carbocycles. The number of hydrogen-bond donors (Lipinski definition) is 0. The Morgan fingerprint density at radius 2 is 0.853 bits per heavy atom. The topological polar surface area (TPSA) is 46.2 Å². The van der Waals surface area contributed by atoms with Gasteiger partial charge < -0.3 is 18.1 Å². The lowest BCUT2D eigenvalue weighted by Gasteiger charge is -2.20. The lowest BCUT2D eigenvalue weighted by Crippen LogP contribution is -2.06. The Labute approximate surface area is 203 Å². The highest BCUT2D eigenvalue weighted by Crippen LogP contribution is 2.44. The van der Waals surface area contributed by atoms with E-state index in [1.807, 2.05) is 109 Å². The second-order valence-electron chi connectivity index (χ2n) is 7.08. The summed E-state index contributed by atoms with van der Waals surface area (Å²) in [6, 6.07) is 38.9. The van der Waals surface area contributed by atoms with E-state index >= 15 is 0 Å². The molecule has 0 aliphatic heterocycles. The van der Waals surface area contributed by atoms with E-state index < -0.39 is 17.0 Å². The first-order valence-corrected chi connectivity index (χ1v) is 13.4. The first kappa shape index (κ1) is 24.2. The second kappa shape index (κ2) is 13.7. The van der Waals surface area contributed by atoms with Crippen LogP contribution in [-0.2, 0) is 15.2 Å². The van der Waals surface area contributed by atoms with Gasteiger partial charge in [-0.25, -0.2) is 0 Å². The molecule has 4 aromatic rings. The molecule has 0 heterocycles. The van der Waals surface area contributed by atoms with Gasteiger partial charge in [0.05, 0.1) is 19.4 Å². The number of hydrogen-bond acceptors (Lipinski definition) is 5. The Morgan fingerprint density at radius 3 is 1.35 bits per heavy atom. The maximum absolute atomic E-state index is 6.15. The SMILES string of the molecule is c1ccc(CP(OCCOP(Oc2ccccc2)Oc2ccccc2)Oc2ccccc2)cc1. The molecule has 1 atom stereocenters. The third-order valence-electron chi connectivity index (χ3n) is 4.47. The zero-order chi connectivity index (χ0) is 23.3. The van der Waals surface area contributed by atoms with E-state index in [1.165, 1.54) is 0 Å². The van der Waals surface area contributed by atoms with Crippen LogP contribution in [0.25, 0.3) is 0 Å². The van der Waals surface area contributed by atoms with E-state index in [0.29, 0.717) is 30.9 Å². The molecule has 0 amide bonds. The summed E-state index contributed by atoms with van der Waals surface area (Å²) in [7, 11) is -2.85. The summed E-state index contributed by atoms with van der Waals surface area (Å²) in [6.07, 6.45) is 0.681. The van der Waals surface area contributed by atoms with Gasteiger partial charge >= 0.3 is 8.60 Å². The molecule has 0 radical (unpaired) electrons. The summed E-state index contributed by atoms with van der Waals surface area (Å²) in [6.45, 7) is 0.650. The van der Waals surface area contributed by atoms with Crippen LogP contribution in [0.1, 0.15) is 5.56 Å². The van der Waals surface area contributed by atoms with Crippen molar-refractivity contribution in [1.29, 1.82) is 0 Å². The number of rotatable bonds is 13. The third-order valence-corrected chi connectivity index (χ3v) is 7.09. The van der Waals surface area contributed by atoms with E-state index in [2.05, 4.69) is 12.1 Å². The summed E-state index contributed by atoms with van der Waals surface area (Å²) in [5.41, 5.74) is 1.16. The third kappa shape index (κ3) is 8.44. The van der Waals surface area contributed by atoms with Crippen molar-refractivity contribution in [3.63, 3.8) is 0 Å². The summed E-state index contributed by atoms with van der Waals surface area (Å²) in [4.78, 5) is 0. The normalized spacial score (nSPS) is 11.7. The highest BCUT2D eigenvalue weighted by molar-refractivity contribution is 7.46. The minimum Gasteiger partial charge on any atom is -0.447 e.